The number of ether oxygens (including phenoxy) is 3. The summed E-state index contributed by atoms with van der Waals surface area (Å²) in [6, 6.07) is 21.7. The molecule has 0 aliphatic carbocycles. The van der Waals surface area contributed by atoms with Gasteiger partial charge in [0, 0.05) is 12.5 Å². The smallest absolute Gasteiger partial charge is 0.227 e. The number of hydrogen-bond acceptors (Lipinski definition) is 4. The van der Waals surface area contributed by atoms with E-state index in [2.05, 4.69) is 0 Å². The molecule has 0 N–H and O–H groups in total. The first-order chi connectivity index (χ1) is 14.7. The lowest BCUT2D eigenvalue weighted by atomic mass is 9.99. The second kappa shape index (κ2) is 8.91. The summed E-state index contributed by atoms with van der Waals surface area (Å²) in [7, 11) is 3.26. The summed E-state index contributed by atoms with van der Waals surface area (Å²) in [6.07, 6.45) is 1.17. The highest BCUT2D eigenvalue weighted by atomic mass is 16.5. The molecule has 4 rings (SSSR count). The Morgan fingerprint density at radius 2 is 1.60 bits per heavy atom. The number of amides is 1. The van der Waals surface area contributed by atoms with Crippen molar-refractivity contribution in [2.24, 2.45) is 0 Å². The average Bonchev–Trinajstić information content (AvgIpc) is 2.80. The normalized spacial score (nSPS) is 13.0. The van der Waals surface area contributed by atoms with Crippen molar-refractivity contribution in [3.8, 4) is 17.2 Å². The van der Waals surface area contributed by atoms with Crippen LogP contribution in [0.4, 0.5) is 5.69 Å². The van der Waals surface area contributed by atoms with E-state index in [9.17, 15) is 4.79 Å². The topological polar surface area (TPSA) is 48.0 Å². The highest BCUT2D eigenvalue weighted by Gasteiger charge is 2.26. The summed E-state index contributed by atoms with van der Waals surface area (Å²) in [4.78, 5) is 14.5. The van der Waals surface area contributed by atoms with Gasteiger partial charge >= 0.3 is 0 Å². The molecule has 1 aliphatic heterocycles. The molecule has 1 heterocycles. The molecule has 1 amide bonds. The van der Waals surface area contributed by atoms with Crippen molar-refractivity contribution < 1.29 is 19.0 Å². The molecule has 0 saturated carbocycles. The van der Waals surface area contributed by atoms with Crippen LogP contribution >= 0.6 is 0 Å². The Morgan fingerprint density at radius 3 is 2.30 bits per heavy atom. The van der Waals surface area contributed by atoms with E-state index in [0.717, 1.165) is 28.1 Å². The highest BCUT2D eigenvalue weighted by molar-refractivity contribution is 5.96. The second-order valence-corrected chi connectivity index (χ2v) is 7.23. The first kappa shape index (κ1) is 19.8. The Hall–Kier alpha value is -3.47. The molecule has 0 unspecified atom stereocenters. The number of carbonyl (C=O) groups is 1. The minimum atomic E-state index is 0.110. The quantitative estimate of drug-likeness (QED) is 0.571. The van der Waals surface area contributed by atoms with Gasteiger partial charge in [0.1, 0.15) is 12.4 Å². The number of rotatable bonds is 7. The van der Waals surface area contributed by atoms with Crippen LogP contribution in [0.1, 0.15) is 23.1 Å². The second-order valence-electron chi connectivity index (χ2n) is 7.23. The number of hydrogen-bond donors (Lipinski definition) is 0. The summed E-state index contributed by atoms with van der Waals surface area (Å²) >= 11 is 0. The van der Waals surface area contributed by atoms with Crippen LogP contribution in [-0.4, -0.2) is 20.1 Å². The van der Waals surface area contributed by atoms with E-state index in [-0.39, 0.29) is 5.91 Å². The van der Waals surface area contributed by atoms with Crippen molar-refractivity contribution >= 4 is 11.6 Å². The van der Waals surface area contributed by atoms with Crippen LogP contribution in [0.2, 0.25) is 0 Å². The number of aryl methyl sites for hydroxylation is 1. The number of fused-ring (bicyclic) bond motifs is 1. The van der Waals surface area contributed by atoms with Gasteiger partial charge < -0.3 is 19.1 Å². The van der Waals surface area contributed by atoms with E-state index in [1.54, 1.807) is 14.2 Å². The Balaban J connectivity index is 1.59. The van der Waals surface area contributed by atoms with Crippen molar-refractivity contribution in [2.45, 2.75) is 26.0 Å². The summed E-state index contributed by atoms with van der Waals surface area (Å²) in [5.74, 6) is 2.22. The van der Waals surface area contributed by atoms with Crippen LogP contribution in [0.5, 0.6) is 17.2 Å². The van der Waals surface area contributed by atoms with Gasteiger partial charge in [0.05, 0.1) is 26.5 Å². The molecule has 0 saturated heterocycles. The van der Waals surface area contributed by atoms with Gasteiger partial charge in [-0.1, -0.05) is 42.5 Å². The zero-order chi connectivity index (χ0) is 20.9. The lowest BCUT2D eigenvalue weighted by Crippen LogP contribution is -2.34. The lowest BCUT2D eigenvalue weighted by molar-refractivity contribution is -0.119. The molecular weight excluding hydrogens is 378 g/mol. The van der Waals surface area contributed by atoms with Gasteiger partial charge in [-0.15, -0.1) is 0 Å². The van der Waals surface area contributed by atoms with Crippen LogP contribution in [-0.2, 0) is 24.4 Å². The fourth-order valence-corrected chi connectivity index (χ4v) is 3.65. The van der Waals surface area contributed by atoms with Gasteiger partial charge in [-0.2, -0.15) is 0 Å². The van der Waals surface area contributed by atoms with Crippen molar-refractivity contribution in [1.29, 1.82) is 0 Å². The Morgan fingerprint density at radius 1 is 0.833 bits per heavy atom. The number of methoxy groups -OCH3 is 2. The molecule has 1 aliphatic rings. The van der Waals surface area contributed by atoms with Crippen LogP contribution in [0, 0.1) is 0 Å². The molecule has 3 aromatic carbocycles. The SMILES string of the molecule is COc1ccc(CN2C(=O)CCc3cc(OCc4ccccc4)c(OC)cc32)cc1. The number of benzene rings is 3. The van der Waals surface area contributed by atoms with Gasteiger partial charge in [-0.05, 0) is 41.3 Å². The maximum atomic E-state index is 12.7. The molecule has 5 nitrogen and oxygen atoms in total. The van der Waals surface area contributed by atoms with Gasteiger partial charge in [0.25, 0.3) is 0 Å². The molecule has 0 atom stereocenters. The van der Waals surface area contributed by atoms with Gasteiger partial charge in [0.2, 0.25) is 5.91 Å². The largest absolute Gasteiger partial charge is 0.497 e. The van der Waals surface area contributed by atoms with Crippen LogP contribution in [0.3, 0.4) is 0 Å². The first-order valence-electron chi connectivity index (χ1n) is 9.99. The zero-order valence-electron chi connectivity index (χ0n) is 17.3. The van der Waals surface area contributed by atoms with Crippen molar-refractivity contribution in [1.82, 2.24) is 0 Å². The predicted molar refractivity (Wildman–Crippen MR) is 116 cm³/mol. The minimum absolute atomic E-state index is 0.110. The fourth-order valence-electron chi connectivity index (χ4n) is 3.65. The van der Waals surface area contributed by atoms with E-state index < -0.39 is 0 Å². The molecule has 0 radical (unpaired) electrons. The van der Waals surface area contributed by atoms with Crippen molar-refractivity contribution in [3.05, 3.63) is 83.4 Å². The van der Waals surface area contributed by atoms with E-state index in [1.807, 2.05) is 71.6 Å². The molecule has 3 aromatic rings. The number of anilines is 1. The van der Waals surface area contributed by atoms with Crippen LogP contribution < -0.4 is 19.1 Å². The maximum absolute atomic E-state index is 12.7. The summed E-state index contributed by atoms with van der Waals surface area (Å²) in [5.41, 5.74) is 4.10. The van der Waals surface area contributed by atoms with E-state index in [0.29, 0.717) is 37.5 Å². The fraction of sp³-hybridized carbons (Fsp3) is 0.240. The average molecular weight is 403 g/mol. The van der Waals surface area contributed by atoms with E-state index in [4.69, 9.17) is 14.2 Å². The Labute approximate surface area is 176 Å². The molecule has 0 fully saturated rings. The summed E-state index contributed by atoms with van der Waals surface area (Å²) < 4.78 is 16.9. The molecule has 0 bridgehead atoms. The molecule has 0 spiro atoms. The molecule has 0 aromatic heterocycles. The van der Waals surface area contributed by atoms with Crippen LogP contribution in [0.25, 0.3) is 0 Å². The third-order valence-corrected chi connectivity index (χ3v) is 5.30. The Bertz CT molecular complexity index is 1020. The van der Waals surface area contributed by atoms with E-state index in [1.165, 1.54) is 0 Å². The third kappa shape index (κ3) is 4.25. The summed E-state index contributed by atoms with van der Waals surface area (Å²) in [6.45, 7) is 0.966. The van der Waals surface area contributed by atoms with Gasteiger partial charge in [0.15, 0.2) is 11.5 Å². The third-order valence-electron chi connectivity index (χ3n) is 5.30. The van der Waals surface area contributed by atoms with Crippen molar-refractivity contribution in [3.63, 3.8) is 0 Å². The standard InChI is InChI=1S/C25H25NO4/c1-28-21-11-8-18(9-12-21)16-26-22-15-23(29-2)24(14-20(22)10-13-25(26)27)30-17-19-6-4-3-5-7-19/h3-9,11-12,14-15H,10,13,16-17H2,1-2H3. The van der Waals surface area contributed by atoms with E-state index >= 15 is 0 Å². The maximum Gasteiger partial charge on any atom is 0.227 e. The summed E-state index contributed by atoms with van der Waals surface area (Å²) in [5, 5.41) is 0. The molecule has 5 heteroatoms. The zero-order valence-corrected chi connectivity index (χ0v) is 17.3. The first-order valence-corrected chi connectivity index (χ1v) is 9.99. The lowest BCUT2D eigenvalue weighted by Gasteiger charge is -2.30. The number of carbonyl (C=O) groups excluding carboxylic acids is 1. The Kier molecular flexibility index (Phi) is 5.89. The minimum Gasteiger partial charge on any atom is -0.497 e. The van der Waals surface area contributed by atoms with Crippen molar-refractivity contribution in [2.75, 3.05) is 19.1 Å². The predicted octanol–water partition coefficient (Wildman–Crippen LogP) is 4.76. The van der Waals surface area contributed by atoms with Gasteiger partial charge in [-0.25, -0.2) is 0 Å². The van der Waals surface area contributed by atoms with Gasteiger partial charge in [-0.3, -0.25) is 4.79 Å². The molecular formula is C25H25NO4. The molecule has 30 heavy (non-hydrogen) atoms. The molecule has 154 valence electrons. The highest BCUT2D eigenvalue weighted by Crippen LogP contribution is 2.39. The van der Waals surface area contributed by atoms with Crippen LogP contribution in [0.15, 0.2) is 66.7 Å². The number of nitrogens with zero attached hydrogens (tertiary/aromatic N) is 1. The monoisotopic (exact) mass is 403 g/mol.